The van der Waals surface area contributed by atoms with Crippen LogP contribution in [0.25, 0.3) is 0 Å². The maximum Gasteiger partial charge on any atom is 0.175 e. The van der Waals surface area contributed by atoms with Crippen molar-refractivity contribution in [3.63, 3.8) is 0 Å². The van der Waals surface area contributed by atoms with E-state index in [1.165, 1.54) is 0 Å². The van der Waals surface area contributed by atoms with E-state index in [0.717, 1.165) is 28.5 Å². The number of anilines is 2. The van der Waals surface area contributed by atoms with E-state index in [9.17, 15) is 0 Å². The highest BCUT2D eigenvalue weighted by atomic mass is 32.1. The van der Waals surface area contributed by atoms with Gasteiger partial charge >= 0.3 is 0 Å². The largest absolute Gasteiger partial charge is 0.497 e. The van der Waals surface area contributed by atoms with Gasteiger partial charge in [-0.05, 0) is 50.3 Å². The molecule has 1 heterocycles. The van der Waals surface area contributed by atoms with Crippen molar-refractivity contribution in [2.24, 2.45) is 7.05 Å². The zero-order valence-electron chi connectivity index (χ0n) is 12.0. The van der Waals surface area contributed by atoms with Crippen LogP contribution in [-0.4, -0.2) is 22.0 Å². The molecule has 0 unspecified atom stereocenters. The number of rotatable bonds is 3. The van der Waals surface area contributed by atoms with Crippen LogP contribution in [0.2, 0.25) is 0 Å². The maximum absolute atomic E-state index is 5.32. The zero-order valence-corrected chi connectivity index (χ0v) is 12.8. The van der Waals surface area contributed by atoms with Gasteiger partial charge in [-0.2, -0.15) is 5.10 Å². The average molecular weight is 290 g/mol. The van der Waals surface area contributed by atoms with Crippen molar-refractivity contribution in [2.75, 3.05) is 17.7 Å². The second-order valence-electron chi connectivity index (χ2n) is 4.48. The van der Waals surface area contributed by atoms with Crippen LogP contribution in [0.1, 0.15) is 11.4 Å². The first-order valence-corrected chi connectivity index (χ1v) is 6.64. The van der Waals surface area contributed by atoms with Gasteiger partial charge in [0.05, 0.1) is 24.2 Å². The van der Waals surface area contributed by atoms with Gasteiger partial charge in [0.1, 0.15) is 5.75 Å². The summed E-state index contributed by atoms with van der Waals surface area (Å²) in [5, 5.41) is 11.2. The SMILES string of the molecule is COc1ccc(NC(=S)Nc2c(C)nn(C)c2C)cc1. The molecule has 0 amide bonds. The summed E-state index contributed by atoms with van der Waals surface area (Å²) >= 11 is 5.32. The molecule has 0 aliphatic heterocycles. The van der Waals surface area contributed by atoms with E-state index in [1.54, 1.807) is 7.11 Å². The highest BCUT2D eigenvalue weighted by Gasteiger charge is 2.10. The Bertz CT molecular complexity index is 619. The molecule has 2 N–H and O–H groups in total. The van der Waals surface area contributed by atoms with Gasteiger partial charge in [0.15, 0.2) is 5.11 Å². The van der Waals surface area contributed by atoms with Gasteiger partial charge in [-0.3, -0.25) is 4.68 Å². The fraction of sp³-hybridized carbons (Fsp3) is 0.286. The normalized spacial score (nSPS) is 10.2. The summed E-state index contributed by atoms with van der Waals surface area (Å²) in [6, 6.07) is 7.59. The Hall–Kier alpha value is -2.08. The van der Waals surface area contributed by atoms with Crippen LogP contribution in [0.3, 0.4) is 0 Å². The first-order valence-electron chi connectivity index (χ1n) is 6.23. The lowest BCUT2D eigenvalue weighted by molar-refractivity contribution is 0.415. The van der Waals surface area contributed by atoms with Gasteiger partial charge < -0.3 is 15.4 Å². The van der Waals surface area contributed by atoms with E-state index in [1.807, 2.05) is 49.8 Å². The highest BCUT2D eigenvalue weighted by molar-refractivity contribution is 7.80. The average Bonchev–Trinajstić information content (AvgIpc) is 2.66. The van der Waals surface area contributed by atoms with Gasteiger partial charge in [0.25, 0.3) is 0 Å². The Morgan fingerprint density at radius 1 is 1.20 bits per heavy atom. The molecule has 6 heteroatoms. The molecule has 1 aromatic heterocycles. The fourth-order valence-corrected chi connectivity index (χ4v) is 2.12. The Balaban J connectivity index is 2.05. The number of nitrogens with one attached hydrogen (secondary N) is 2. The number of benzene rings is 1. The predicted octanol–water partition coefficient (Wildman–Crippen LogP) is 2.85. The predicted molar refractivity (Wildman–Crippen MR) is 85.5 cm³/mol. The van der Waals surface area contributed by atoms with Crippen molar-refractivity contribution >= 4 is 28.7 Å². The Morgan fingerprint density at radius 2 is 1.85 bits per heavy atom. The third kappa shape index (κ3) is 3.08. The lowest BCUT2D eigenvalue weighted by atomic mass is 10.3. The number of hydrogen-bond acceptors (Lipinski definition) is 3. The number of ether oxygens (including phenoxy) is 1. The summed E-state index contributed by atoms with van der Waals surface area (Å²) < 4.78 is 6.94. The van der Waals surface area contributed by atoms with E-state index in [0.29, 0.717) is 5.11 Å². The van der Waals surface area contributed by atoms with Crippen LogP contribution in [0.4, 0.5) is 11.4 Å². The number of nitrogens with zero attached hydrogens (tertiary/aromatic N) is 2. The minimum Gasteiger partial charge on any atom is -0.497 e. The summed E-state index contributed by atoms with van der Waals surface area (Å²) in [7, 11) is 3.55. The number of thiocarbonyl (C=S) groups is 1. The van der Waals surface area contributed by atoms with Gasteiger partial charge in [0, 0.05) is 12.7 Å². The molecule has 1 aromatic carbocycles. The Labute approximate surface area is 123 Å². The summed E-state index contributed by atoms with van der Waals surface area (Å²) in [6.07, 6.45) is 0. The third-order valence-corrected chi connectivity index (χ3v) is 3.30. The van der Waals surface area contributed by atoms with Crippen molar-refractivity contribution in [2.45, 2.75) is 13.8 Å². The highest BCUT2D eigenvalue weighted by Crippen LogP contribution is 2.19. The topological polar surface area (TPSA) is 51.1 Å². The molecule has 0 atom stereocenters. The van der Waals surface area contributed by atoms with E-state index >= 15 is 0 Å². The molecule has 0 spiro atoms. The fourth-order valence-electron chi connectivity index (χ4n) is 1.90. The van der Waals surface area contributed by atoms with E-state index < -0.39 is 0 Å². The van der Waals surface area contributed by atoms with Gasteiger partial charge in [-0.15, -0.1) is 0 Å². The van der Waals surface area contributed by atoms with Crippen molar-refractivity contribution in [3.05, 3.63) is 35.7 Å². The van der Waals surface area contributed by atoms with Gasteiger partial charge in [-0.1, -0.05) is 0 Å². The van der Waals surface area contributed by atoms with E-state index in [4.69, 9.17) is 17.0 Å². The minimum absolute atomic E-state index is 0.536. The molecule has 0 aliphatic carbocycles. The lowest BCUT2D eigenvalue weighted by Gasteiger charge is -2.11. The quantitative estimate of drug-likeness (QED) is 0.851. The van der Waals surface area contributed by atoms with Crippen molar-refractivity contribution in [1.29, 1.82) is 0 Å². The molecule has 2 rings (SSSR count). The molecule has 0 fully saturated rings. The second kappa shape index (κ2) is 5.92. The Morgan fingerprint density at radius 3 is 2.35 bits per heavy atom. The van der Waals surface area contributed by atoms with Gasteiger partial charge in [-0.25, -0.2) is 0 Å². The Kier molecular flexibility index (Phi) is 4.24. The maximum atomic E-state index is 5.32. The molecule has 0 aliphatic rings. The van der Waals surface area contributed by atoms with Crippen LogP contribution in [0, 0.1) is 13.8 Å². The van der Waals surface area contributed by atoms with Crippen molar-refractivity contribution in [1.82, 2.24) is 9.78 Å². The van der Waals surface area contributed by atoms with Crippen LogP contribution >= 0.6 is 12.2 Å². The second-order valence-corrected chi connectivity index (χ2v) is 4.89. The third-order valence-electron chi connectivity index (χ3n) is 3.10. The van der Waals surface area contributed by atoms with Crippen LogP contribution in [0.15, 0.2) is 24.3 Å². The molecule has 0 radical (unpaired) electrons. The summed E-state index contributed by atoms with van der Waals surface area (Å²) in [6.45, 7) is 3.95. The van der Waals surface area contributed by atoms with E-state index in [-0.39, 0.29) is 0 Å². The van der Waals surface area contributed by atoms with Crippen molar-refractivity contribution in [3.8, 4) is 5.75 Å². The molecule has 0 saturated heterocycles. The molecule has 0 bridgehead atoms. The number of aromatic nitrogens is 2. The first-order chi connectivity index (χ1) is 9.51. The molecule has 2 aromatic rings. The van der Waals surface area contributed by atoms with Crippen LogP contribution in [0.5, 0.6) is 5.75 Å². The minimum atomic E-state index is 0.536. The number of methoxy groups -OCH3 is 1. The lowest BCUT2D eigenvalue weighted by Crippen LogP contribution is -2.19. The number of aryl methyl sites for hydroxylation is 2. The van der Waals surface area contributed by atoms with E-state index in [2.05, 4.69) is 15.7 Å². The smallest absolute Gasteiger partial charge is 0.175 e. The molecule has 0 saturated carbocycles. The first kappa shape index (κ1) is 14.3. The van der Waals surface area contributed by atoms with Crippen LogP contribution < -0.4 is 15.4 Å². The monoisotopic (exact) mass is 290 g/mol. The molecule has 5 nitrogen and oxygen atoms in total. The van der Waals surface area contributed by atoms with Crippen molar-refractivity contribution < 1.29 is 4.74 Å². The molecule has 20 heavy (non-hydrogen) atoms. The number of hydrogen-bond donors (Lipinski definition) is 2. The summed E-state index contributed by atoms with van der Waals surface area (Å²) in [4.78, 5) is 0. The summed E-state index contributed by atoms with van der Waals surface area (Å²) in [5.41, 5.74) is 3.81. The zero-order chi connectivity index (χ0) is 14.7. The molecular formula is C14H18N4OS. The summed E-state index contributed by atoms with van der Waals surface area (Å²) in [5.74, 6) is 0.813. The van der Waals surface area contributed by atoms with Gasteiger partial charge in [0.2, 0.25) is 0 Å². The van der Waals surface area contributed by atoms with Crippen LogP contribution in [-0.2, 0) is 7.05 Å². The molecule has 106 valence electrons. The standard InChI is InChI=1S/C14H18N4OS/c1-9-13(10(2)18(3)17-9)16-14(20)15-11-5-7-12(19-4)8-6-11/h5-8H,1-4H3,(H2,15,16,20). The molecular weight excluding hydrogens is 272 g/mol.